The number of carbonyl (C=O) groups is 1. The molecule has 2 aromatic carbocycles. The zero-order chi connectivity index (χ0) is 14.7. The molecule has 0 unspecified atom stereocenters. The molecule has 0 bridgehead atoms. The Morgan fingerprint density at radius 3 is 2.45 bits per heavy atom. The number of nitrogens with one attached hydrogen (secondary N) is 1. The van der Waals surface area contributed by atoms with Crippen LogP contribution < -0.4 is 16.8 Å². The highest BCUT2D eigenvalue weighted by Gasteiger charge is 2.08. The molecule has 6 heteroatoms. The summed E-state index contributed by atoms with van der Waals surface area (Å²) < 4.78 is 13.7. The summed E-state index contributed by atoms with van der Waals surface area (Å²) in [6.07, 6.45) is 0. The average molecular weight is 270 g/mol. The fourth-order valence-corrected chi connectivity index (χ4v) is 1.66. The fourth-order valence-electron chi connectivity index (χ4n) is 1.66. The van der Waals surface area contributed by atoms with E-state index in [0.29, 0.717) is 5.69 Å². The maximum atomic E-state index is 13.7. The van der Waals surface area contributed by atoms with Crippen LogP contribution in [-0.4, -0.2) is 5.91 Å². The van der Waals surface area contributed by atoms with Crippen molar-refractivity contribution in [2.75, 3.05) is 11.1 Å². The maximum absolute atomic E-state index is 13.7. The van der Waals surface area contributed by atoms with E-state index in [-0.39, 0.29) is 22.5 Å². The summed E-state index contributed by atoms with van der Waals surface area (Å²) in [6.45, 7) is 0. The quantitative estimate of drug-likeness (QED) is 0.743. The zero-order valence-corrected chi connectivity index (χ0v) is 10.4. The molecule has 0 atom stereocenters. The van der Waals surface area contributed by atoms with Crippen LogP contribution >= 0.6 is 0 Å². The third-order valence-corrected chi connectivity index (χ3v) is 2.70. The number of rotatable bonds is 3. The molecule has 2 aromatic rings. The molecule has 0 saturated carbocycles. The smallest absolute Gasteiger partial charge is 0.248 e. The number of benzene rings is 2. The number of nitrogens with zero attached hydrogens (tertiary/aromatic N) is 1. The van der Waals surface area contributed by atoms with Crippen molar-refractivity contribution in [1.29, 1.82) is 5.26 Å². The second-order valence-corrected chi connectivity index (χ2v) is 4.10. The normalized spacial score (nSPS) is 9.80. The lowest BCUT2D eigenvalue weighted by atomic mass is 10.1. The third-order valence-electron chi connectivity index (χ3n) is 2.70. The van der Waals surface area contributed by atoms with Gasteiger partial charge in [-0.15, -0.1) is 0 Å². The van der Waals surface area contributed by atoms with Crippen molar-refractivity contribution in [3.8, 4) is 6.07 Å². The van der Waals surface area contributed by atoms with Crippen LogP contribution in [0, 0.1) is 17.1 Å². The molecule has 0 aliphatic carbocycles. The molecule has 0 spiro atoms. The molecule has 0 heterocycles. The van der Waals surface area contributed by atoms with Crippen LogP contribution in [0.4, 0.5) is 21.5 Å². The Labute approximate surface area is 114 Å². The van der Waals surface area contributed by atoms with Crippen LogP contribution in [0.3, 0.4) is 0 Å². The summed E-state index contributed by atoms with van der Waals surface area (Å²) in [5.41, 5.74) is 12.3. The third kappa shape index (κ3) is 2.67. The lowest BCUT2D eigenvalue weighted by molar-refractivity contribution is 0.100. The summed E-state index contributed by atoms with van der Waals surface area (Å²) in [5, 5.41) is 11.5. The Kier molecular flexibility index (Phi) is 3.53. The van der Waals surface area contributed by atoms with Crippen molar-refractivity contribution >= 4 is 23.0 Å². The molecular formula is C14H11FN4O. The van der Waals surface area contributed by atoms with Crippen LogP contribution in [0.5, 0.6) is 0 Å². The first-order chi connectivity index (χ1) is 9.51. The summed E-state index contributed by atoms with van der Waals surface area (Å²) in [4.78, 5) is 11.0. The highest BCUT2D eigenvalue weighted by molar-refractivity contribution is 5.95. The fraction of sp³-hybridized carbons (Fsp3) is 0. The molecule has 20 heavy (non-hydrogen) atoms. The minimum atomic E-state index is -0.590. The number of hydrogen-bond acceptors (Lipinski definition) is 4. The van der Waals surface area contributed by atoms with Crippen LogP contribution in [-0.2, 0) is 0 Å². The Balaban J connectivity index is 2.31. The van der Waals surface area contributed by atoms with E-state index < -0.39 is 11.7 Å². The predicted molar refractivity (Wildman–Crippen MR) is 73.8 cm³/mol. The van der Waals surface area contributed by atoms with E-state index in [1.807, 2.05) is 6.07 Å². The van der Waals surface area contributed by atoms with Gasteiger partial charge in [-0.2, -0.15) is 5.26 Å². The average Bonchev–Trinajstić information content (AvgIpc) is 2.42. The summed E-state index contributed by atoms with van der Waals surface area (Å²) in [5.74, 6) is -1.16. The number of nitriles is 1. The minimum Gasteiger partial charge on any atom is -0.397 e. The standard InChI is InChI=1S/C14H11FN4O/c15-10-5-8(7-16)1-3-12(10)19-13-4-2-9(14(18)20)6-11(13)17/h1-6,19H,17H2,(H2,18,20). The number of hydrogen-bond donors (Lipinski definition) is 3. The van der Waals surface area contributed by atoms with Gasteiger partial charge in [-0.1, -0.05) is 0 Å². The number of nitrogens with two attached hydrogens (primary N) is 2. The molecule has 5 N–H and O–H groups in total. The van der Waals surface area contributed by atoms with Crippen molar-refractivity contribution in [3.63, 3.8) is 0 Å². The predicted octanol–water partition coefficient (Wildman–Crippen LogP) is 2.12. The van der Waals surface area contributed by atoms with E-state index >= 15 is 0 Å². The van der Waals surface area contributed by atoms with Crippen molar-refractivity contribution in [3.05, 3.63) is 53.3 Å². The molecule has 5 nitrogen and oxygen atoms in total. The van der Waals surface area contributed by atoms with Gasteiger partial charge in [0.1, 0.15) is 5.82 Å². The SMILES string of the molecule is N#Cc1ccc(Nc2ccc(C(N)=O)cc2N)c(F)c1. The summed E-state index contributed by atoms with van der Waals surface area (Å²) in [6, 6.07) is 10.3. The number of nitrogen functional groups attached to an aromatic ring is 1. The van der Waals surface area contributed by atoms with E-state index in [0.717, 1.165) is 6.07 Å². The number of anilines is 3. The minimum absolute atomic E-state index is 0.183. The molecule has 100 valence electrons. The van der Waals surface area contributed by atoms with Gasteiger partial charge in [-0.05, 0) is 36.4 Å². The van der Waals surface area contributed by atoms with Gasteiger partial charge >= 0.3 is 0 Å². The first-order valence-electron chi connectivity index (χ1n) is 5.67. The molecule has 2 rings (SSSR count). The van der Waals surface area contributed by atoms with Crippen molar-refractivity contribution in [1.82, 2.24) is 0 Å². The van der Waals surface area contributed by atoms with E-state index in [9.17, 15) is 9.18 Å². The van der Waals surface area contributed by atoms with Crippen molar-refractivity contribution in [2.45, 2.75) is 0 Å². The number of amides is 1. The Bertz CT molecular complexity index is 722. The van der Waals surface area contributed by atoms with Gasteiger partial charge in [0.2, 0.25) is 5.91 Å². The molecule has 0 aliphatic heterocycles. The van der Waals surface area contributed by atoms with Gasteiger partial charge in [0.15, 0.2) is 0 Å². The van der Waals surface area contributed by atoms with Crippen LogP contribution in [0.1, 0.15) is 15.9 Å². The van der Waals surface area contributed by atoms with E-state index in [1.165, 1.54) is 30.3 Å². The van der Waals surface area contributed by atoms with Gasteiger partial charge in [0, 0.05) is 5.56 Å². The highest BCUT2D eigenvalue weighted by Crippen LogP contribution is 2.26. The van der Waals surface area contributed by atoms with Gasteiger partial charge in [0.05, 0.1) is 28.7 Å². The highest BCUT2D eigenvalue weighted by atomic mass is 19.1. The second kappa shape index (κ2) is 5.28. The van der Waals surface area contributed by atoms with E-state index in [2.05, 4.69) is 5.32 Å². The molecule has 0 radical (unpaired) electrons. The van der Waals surface area contributed by atoms with Crippen LogP contribution in [0.2, 0.25) is 0 Å². The zero-order valence-electron chi connectivity index (χ0n) is 10.4. The Hall–Kier alpha value is -3.07. The van der Waals surface area contributed by atoms with Crippen molar-refractivity contribution < 1.29 is 9.18 Å². The monoisotopic (exact) mass is 270 g/mol. The molecule has 0 fully saturated rings. The molecule has 1 amide bonds. The number of primary amides is 1. The summed E-state index contributed by atoms with van der Waals surface area (Å²) >= 11 is 0. The van der Waals surface area contributed by atoms with Crippen molar-refractivity contribution in [2.24, 2.45) is 5.73 Å². The Morgan fingerprint density at radius 2 is 1.90 bits per heavy atom. The number of carbonyl (C=O) groups excluding carboxylic acids is 1. The van der Waals surface area contributed by atoms with Gasteiger partial charge < -0.3 is 16.8 Å². The topological polar surface area (TPSA) is 105 Å². The van der Waals surface area contributed by atoms with E-state index in [4.69, 9.17) is 16.7 Å². The Morgan fingerprint density at radius 1 is 1.20 bits per heavy atom. The maximum Gasteiger partial charge on any atom is 0.248 e. The molecule has 0 aliphatic rings. The van der Waals surface area contributed by atoms with Crippen LogP contribution in [0.25, 0.3) is 0 Å². The largest absolute Gasteiger partial charge is 0.397 e. The second-order valence-electron chi connectivity index (χ2n) is 4.10. The first-order valence-corrected chi connectivity index (χ1v) is 5.67. The van der Waals surface area contributed by atoms with Crippen LogP contribution in [0.15, 0.2) is 36.4 Å². The summed E-state index contributed by atoms with van der Waals surface area (Å²) in [7, 11) is 0. The molecule has 0 aromatic heterocycles. The lowest BCUT2D eigenvalue weighted by Crippen LogP contribution is -2.11. The first kappa shape index (κ1) is 13.4. The van der Waals surface area contributed by atoms with Gasteiger partial charge in [0.25, 0.3) is 0 Å². The van der Waals surface area contributed by atoms with E-state index in [1.54, 1.807) is 0 Å². The lowest BCUT2D eigenvalue weighted by Gasteiger charge is -2.11. The van der Waals surface area contributed by atoms with Gasteiger partial charge in [-0.25, -0.2) is 4.39 Å². The molecular weight excluding hydrogens is 259 g/mol. The number of halogens is 1. The molecule has 0 saturated heterocycles. The van der Waals surface area contributed by atoms with Gasteiger partial charge in [-0.3, -0.25) is 4.79 Å².